The van der Waals surface area contributed by atoms with E-state index >= 15 is 0 Å². The third kappa shape index (κ3) is 2.75. The van der Waals surface area contributed by atoms with Gasteiger partial charge in [-0.3, -0.25) is 4.79 Å². The Hall–Kier alpha value is -0.830. The van der Waals surface area contributed by atoms with Gasteiger partial charge in [0.25, 0.3) is 0 Å². The van der Waals surface area contributed by atoms with Gasteiger partial charge < -0.3 is 10.2 Å². The highest BCUT2D eigenvalue weighted by molar-refractivity contribution is 5.76. The van der Waals surface area contributed by atoms with Crippen LogP contribution in [0.4, 0.5) is 0 Å². The second kappa shape index (κ2) is 7.11. The Morgan fingerprint density at radius 3 is 2.27 bits per heavy atom. The average Bonchev–Trinajstić information content (AvgIpc) is 2.74. The van der Waals surface area contributed by atoms with E-state index in [2.05, 4.69) is 54.5 Å². The molecular formula is C30H48O3. The van der Waals surface area contributed by atoms with Crippen molar-refractivity contribution in [1.29, 1.82) is 0 Å². The van der Waals surface area contributed by atoms with Gasteiger partial charge in [-0.15, -0.1) is 0 Å². The van der Waals surface area contributed by atoms with Gasteiger partial charge in [0.15, 0.2) is 0 Å². The molecular weight excluding hydrogens is 408 g/mol. The molecule has 0 aromatic rings. The predicted octanol–water partition coefficient (Wildman–Crippen LogP) is 7.09. The average molecular weight is 457 g/mol. The lowest BCUT2D eigenvalue weighted by Crippen LogP contribution is -2.65. The number of allylic oxidation sites excluding steroid dienone is 2. The van der Waals surface area contributed by atoms with Gasteiger partial charge >= 0.3 is 5.97 Å². The number of carboxylic acids is 1. The lowest BCUT2D eigenvalue weighted by Gasteiger charge is -2.71. The van der Waals surface area contributed by atoms with Crippen molar-refractivity contribution in [3.8, 4) is 0 Å². The van der Waals surface area contributed by atoms with Crippen molar-refractivity contribution >= 4 is 5.97 Å². The number of fused-ring (bicyclic) bond motifs is 7. The first-order chi connectivity index (χ1) is 15.3. The Morgan fingerprint density at radius 2 is 1.61 bits per heavy atom. The van der Waals surface area contributed by atoms with Crippen LogP contribution in [0.2, 0.25) is 0 Å². The molecule has 186 valence electrons. The quantitative estimate of drug-likeness (QED) is 0.414. The zero-order valence-corrected chi connectivity index (χ0v) is 22.2. The van der Waals surface area contributed by atoms with Crippen molar-refractivity contribution in [2.75, 3.05) is 0 Å². The minimum atomic E-state index is -0.557. The minimum Gasteiger partial charge on any atom is -0.481 e. The molecule has 0 saturated heterocycles. The Kier molecular flexibility index (Phi) is 5.15. The van der Waals surface area contributed by atoms with Crippen LogP contribution in [0.3, 0.4) is 0 Å². The summed E-state index contributed by atoms with van der Waals surface area (Å²) in [6.45, 7) is 17.0. The number of carboxylic acid groups (broad SMARTS) is 1. The van der Waals surface area contributed by atoms with E-state index in [0.29, 0.717) is 23.7 Å². The molecule has 3 nitrogen and oxygen atoms in total. The highest BCUT2D eigenvalue weighted by atomic mass is 16.4. The molecule has 0 amide bonds. The van der Waals surface area contributed by atoms with Crippen molar-refractivity contribution in [2.45, 2.75) is 112 Å². The molecule has 5 aliphatic rings. The third-order valence-corrected chi connectivity index (χ3v) is 13.4. The summed E-state index contributed by atoms with van der Waals surface area (Å²) in [5, 5.41) is 21.4. The largest absolute Gasteiger partial charge is 0.481 e. The van der Waals surface area contributed by atoms with Gasteiger partial charge in [0, 0.05) is 0 Å². The molecule has 0 bridgehead atoms. The molecule has 0 spiro atoms. The summed E-state index contributed by atoms with van der Waals surface area (Å²) in [7, 11) is 0. The summed E-state index contributed by atoms with van der Waals surface area (Å²) < 4.78 is 0. The maximum absolute atomic E-state index is 12.8. The highest BCUT2D eigenvalue weighted by Crippen LogP contribution is 2.75. The third-order valence-electron chi connectivity index (χ3n) is 13.4. The van der Waals surface area contributed by atoms with Crippen molar-refractivity contribution in [3.05, 3.63) is 11.6 Å². The highest BCUT2D eigenvalue weighted by Gasteiger charge is 2.69. The van der Waals surface area contributed by atoms with E-state index in [-0.39, 0.29) is 33.7 Å². The van der Waals surface area contributed by atoms with Crippen LogP contribution < -0.4 is 0 Å². The van der Waals surface area contributed by atoms with Gasteiger partial charge in [-0.1, -0.05) is 60.1 Å². The Bertz CT molecular complexity index is 874. The molecule has 3 heteroatoms. The lowest BCUT2D eigenvalue weighted by molar-refractivity contribution is -0.206. The molecule has 5 rings (SSSR count). The van der Waals surface area contributed by atoms with E-state index in [1.165, 1.54) is 18.4 Å². The van der Waals surface area contributed by atoms with Gasteiger partial charge in [-0.05, 0) is 109 Å². The number of hydrogen-bond donors (Lipinski definition) is 2. The van der Waals surface area contributed by atoms with Crippen molar-refractivity contribution in [3.63, 3.8) is 0 Å². The molecule has 0 aromatic heterocycles. The summed E-state index contributed by atoms with van der Waals surface area (Å²) in [6, 6.07) is 0. The molecule has 4 fully saturated rings. The summed E-state index contributed by atoms with van der Waals surface area (Å²) >= 11 is 0. The number of aliphatic carboxylic acids is 1. The molecule has 0 unspecified atom stereocenters. The summed E-state index contributed by atoms with van der Waals surface area (Å²) in [5.74, 6) is 1.82. The zero-order valence-electron chi connectivity index (χ0n) is 22.2. The predicted molar refractivity (Wildman–Crippen MR) is 133 cm³/mol. The smallest absolute Gasteiger partial charge is 0.310 e. The number of aliphatic hydroxyl groups is 1. The second-order valence-corrected chi connectivity index (χ2v) is 14.5. The van der Waals surface area contributed by atoms with Crippen molar-refractivity contribution in [2.24, 2.45) is 56.7 Å². The molecule has 5 aliphatic carbocycles. The van der Waals surface area contributed by atoms with Crippen molar-refractivity contribution in [1.82, 2.24) is 0 Å². The Balaban J connectivity index is 1.61. The zero-order chi connectivity index (χ0) is 24.2. The van der Waals surface area contributed by atoms with E-state index in [1.54, 1.807) is 0 Å². The van der Waals surface area contributed by atoms with Gasteiger partial charge in [0.2, 0.25) is 0 Å². The first-order valence-corrected chi connectivity index (χ1v) is 13.9. The Morgan fingerprint density at radius 1 is 0.909 bits per heavy atom. The van der Waals surface area contributed by atoms with E-state index in [9.17, 15) is 15.0 Å². The molecule has 2 N–H and O–H groups in total. The SMILES string of the molecule is C[C@H]1[C@H](C)CC[C@]2(C(=O)O)CC[C@]3(C)C(=CC[C@@H]4[C@]5(C)CC[C@H](O)C(C)(C)[C@@H]5CC[C@@]43C)[C@@H]12. The molecule has 4 saturated carbocycles. The number of carbonyl (C=O) groups is 1. The fraction of sp³-hybridized carbons (Fsp3) is 0.900. The standard InChI is InChI=1S/C30H48O3/c1-18-10-15-30(25(32)33)17-16-28(6)20(24(30)19(18)2)8-9-22-27(5)13-12-23(31)26(3,4)21(27)11-14-29(22,28)7/h8,18-19,21-24,31H,9-17H2,1-7H3,(H,32,33)/t18-,19+,21+,22-,23+,24-,27-,28-,29+,30+/m1/s1. The monoisotopic (exact) mass is 456 g/mol. The van der Waals surface area contributed by atoms with Crippen LogP contribution in [0.5, 0.6) is 0 Å². The summed E-state index contributed by atoms with van der Waals surface area (Å²) in [4.78, 5) is 12.8. The van der Waals surface area contributed by atoms with Gasteiger partial charge in [-0.25, -0.2) is 0 Å². The van der Waals surface area contributed by atoms with Crippen LogP contribution in [0.15, 0.2) is 11.6 Å². The first kappa shape index (κ1) is 23.9. The van der Waals surface area contributed by atoms with E-state index in [0.717, 1.165) is 44.9 Å². The Labute approximate surface area is 201 Å². The molecule has 0 aromatic carbocycles. The number of rotatable bonds is 1. The summed E-state index contributed by atoms with van der Waals surface area (Å²) in [5.41, 5.74) is 1.46. The van der Waals surface area contributed by atoms with Gasteiger partial charge in [0.1, 0.15) is 0 Å². The molecule has 33 heavy (non-hydrogen) atoms. The number of hydrogen-bond acceptors (Lipinski definition) is 2. The lowest BCUT2D eigenvalue weighted by atomic mass is 9.33. The van der Waals surface area contributed by atoms with Crippen LogP contribution in [-0.4, -0.2) is 22.3 Å². The van der Waals surface area contributed by atoms with Gasteiger partial charge in [-0.2, -0.15) is 0 Å². The van der Waals surface area contributed by atoms with Crippen LogP contribution in [0.25, 0.3) is 0 Å². The van der Waals surface area contributed by atoms with E-state index in [1.807, 2.05) is 0 Å². The van der Waals surface area contributed by atoms with Crippen LogP contribution in [0, 0.1) is 56.7 Å². The molecule has 0 radical (unpaired) electrons. The molecule has 0 heterocycles. The van der Waals surface area contributed by atoms with Crippen LogP contribution in [0.1, 0.15) is 106 Å². The van der Waals surface area contributed by atoms with Crippen molar-refractivity contribution < 1.29 is 15.0 Å². The second-order valence-electron chi connectivity index (χ2n) is 14.5. The normalized spacial score (nSPS) is 55.3. The summed E-state index contributed by atoms with van der Waals surface area (Å²) in [6.07, 6.45) is 11.6. The maximum atomic E-state index is 12.8. The topological polar surface area (TPSA) is 57.5 Å². The maximum Gasteiger partial charge on any atom is 0.310 e. The first-order valence-electron chi connectivity index (χ1n) is 13.9. The van der Waals surface area contributed by atoms with Gasteiger partial charge in [0.05, 0.1) is 11.5 Å². The fourth-order valence-electron chi connectivity index (χ4n) is 10.8. The fourth-order valence-corrected chi connectivity index (χ4v) is 10.8. The van der Waals surface area contributed by atoms with Crippen LogP contribution >= 0.6 is 0 Å². The van der Waals surface area contributed by atoms with E-state index in [4.69, 9.17) is 0 Å². The minimum absolute atomic E-state index is 0.0302. The molecule has 0 aliphatic heterocycles. The molecule has 10 atom stereocenters. The van der Waals surface area contributed by atoms with Crippen LogP contribution in [-0.2, 0) is 4.79 Å². The van der Waals surface area contributed by atoms with E-state index < -0.39 is 11.4 Å². The number of aliphatic hydroxyl groups excluding tert-OH is 1.